The van der Waals surface area contributed by atoms with Gasteiger partial charge in [0, 0.05) is 22.2 Å². The molecule has 2 aromatic carbocycles. The first-order chi connectivity index (χ1) is 12.6. The molecule has 3 rings (SSSR count). The summed E-state index contributed by atoms with van der Waals surface area (Å²) in [6.07, 6.45) is 2.88. The van der Waals surface area contributed by atoms with Gasteiger partial charge in [-0.05, 0) is 61.6 Å². The minimum atomic E-state index is -0.00915. The van der Waals surface area contributed by atoms with Crippen molar-refractivity contribution in [2.75, 3.05) is 16.4 Å². The Morgan fingerprint density at radius 3 is 2.46 bits per heavy atom. The van der Waals surface area contributed by atoms with Gasteiger partial charge in [-0.15, -0.1) is 11.8 Å². The number of thioether (sulfide) groups is 1. The van der Waals surface area contributed by atoms with Crippen molar-refractivity contribution >= 4 is 35.0 Å². The van der Waals surface area contributed by atoms with E-state index >= 15 is 0 Å². The first-order valence-electron chi connectivity index (χ1n) is 8.99. The molecule has 2 aromatic rings. The van der Waals surface area contributed by atoms with E-state index in [1.807, 2.05) is 49.4 Å². The summed E-state index contributed by atoms with van der Waals surface area (Å²) in [5.74, 6) is 0.646. The van der Waals surface area contributed by atoms with Crippen molar-refractivity contribution in [3.63, 3.8) is 0 Å². The number of carbonyl (C=O) groups excluding carboxylic acids is 2. The van der Waals surface area contributed by atoms with Crippen LogP contribution < -0.4 is 10.6 Å². The summed E-state index contributed by atoms with van der Waals surface area (Å²) in [5.41, 5.74) is 3.97. The lowest BCUT2D eigenvalue weighted by Crippen LogP contribution is -2.16. The van der Waals surface area contributed by atoms with Crippen LogP contribution in [0.15, 0.2) is 47.4 Å². The SMILES string of the molecule is CCc1cccc(C)c1NC(=O)CSc1ccc(NC(=O)C2CC2)cc1. The first kappa shape index (κ1) is 18.5. The van der Waals surface area contributed by atoms with Gasteiger partial charge in [0.15, 0.2) is 0 Å². The summed E-state index contributed by atoms with van der Waals surface area (Å²) < 4.78 is 0. The molecule has 5 heteroatoms. The minimum Gasteiger partial charge on any atom is -0.326 e. The molecule has 0 atom stereocenters. The van der Waals surface area contributed by atoms with Crippen molar-refractivity contribution < 1.29 is 9.59 Å². The fourth-order valence-electron chi connectivity index (χ4n) is 2.75. The molecule has 1 fully saturated rings. The zero-order chi connectivity index (χ0) is 18.5. The van der Waals surface area contributed by atoms with Crippen LogP contribution in [0.3, 0.4) is 0 Å². The van der Waals surface area contributed by atoms with Gasteiger partial charge in [-0.2, -0.15) is 0 Å². The molecular weight excluding hydrogens is 344 g/mol. The third-order valence-corrected chi connectivity index (χ3v) is 5.46. The van der Waals surface area contributed by atoms with E-state index in [4.69, 9.17) is 0 Å². The van der Waals surface area contributed by atoms with Crippen molar-refractivity contribution in [1.82, 2.24) is 0 Å². The number of hydrogen-bond donors (Lipinski definition) is 2. The quantitative estimate of drug-likeness (QED) is 0.700. The van der Waals surface area contributed by atoms with E-state index in [1.165, 1.54) is 11.8 Å². The Hall–Kier alpha value is -2.27. The smallest absolute Gasteiger partial charge is 0.234 e. The van der Waals surface area contributed by atoms with E-state index in [9.17, 15) is 9.59 Å². The second-order valence-electron chi connectivity index (χ2n) is 6.59. The molecular formula is C21H24N2O2S. The predicted octanol–water partition coefficient (Wildman–Crippen LogP) is 4.64. The highest BCUT2D eigenvalue weighted by Gasteiger charge is 2.29. The maximum absolute atomic E-state index is 12.3. The molecule has 0 radical (unpaired) electrons. The van der Waals surface area contributed by atoms with Crippen LogP contribution in [0.25, 0.3) is 0 Å². The van der Waals surface area contributed by atoms with E-state index < -0.39 is 0 Å². The molecule has 0 saturated heterocycles. The van der Waals surface area contributed by atoms with Gasteiger partial charge >= 0.3 is 0 Å². The van der Waals surface area contributed by atoms with Crippen LogP contribution in [-0.4, -0.2) is 17.6 Å². The first-order valence-corrected chi connectivity index (χ1v) is 9.97. The molecule has 0 unspecified atom stereocenters. The maximum Gasteiger partial charge on any atom is 0.234 e. The van der Waals surface area contributed by atoms with E-state index in [0.717, 1.165) is 46.7 Å². The molecule has 1 aliphatic rings. The van der Waals surface area contributed by atoms with Gasteiger partial charge in [-0.3, -0.25) is 9.59 Å². The molecule has 0 heterocycles. The zero-order valence-electron chi connectivity index (χ0n) is 15.2. The van der Waals surface area contributed by atoms with Crippen molar-refractivity contribution in [3.05, 3.63) is 53.6 Å². The number of benzene rings is 2. The van der Waals surface area contributed by atoms with Crippen molar-refractivity contribution in [3.8, 4) is 0 Å². The number of anilines is 2. The Kier molecular flexibility index (Phi) is 5.99. The number of hydrogen-bond acceptors (Lipinski definition) is 3. The number of para-hydroxylation sites is 1. The van der Waals surface area contributed by atoms with Crippen LogP contribution in [0, 0.1) is 12.8 Å². The highest BCUT2D eigenvalue weighted by Crippen LogP contribution is 2.30. The van der Waals surface area contributed by atoms with Gasteiger partial charge in [0.05, 0.1) is 5.75 Å². The Balaban J connectivity index is 1.52. The average molecular weight is 369 g/mol. The molecule has 1 aliphatic carbocycles. The number of carbonyl (C=O) groups is 2. The van der Waals surface area contributed by atoms with Crippen molar-refractivity contribution in [2.45, 2.75) is 38.0 Å². The third kappa shape index (κ3) is 4.88. The minimum absolute atomic E-state index is 0.00915. The number of aryl methyl sites for hydroxylation is 2. The molecule has 0 bridgehead atoms. The molecule has 0 aromatic heterocycles. The topological polar surface area (TPSA) is 58.2 Å². The summed E-state index contributed by atoms with van der Waals surface area (Å²) in [7, 11) is 0. The Morgan fingerprint density at radius 1 is 1.08 bits per heavy atom. The molecule has 2 N–H and O–H groups in total. The molecule has 4 nitrogen and oxygen atoms in total. The van der Waals surface area contributed by atoms with Crippen LogP contribution in [0.4, 0.5) is 11.4 Å². The van der Waals surface area contributed by atoms with E-state index in [0.29, 0.717) is 5.75 Å². The Morgan fingerprint density at radius 2 is 1.81 bits per heavy atom. The Labute approximate surface area is 158 Å². The van der Waals surface area contributed by atoms with Gasteiger partial charge in [-0.25, -0.2) is 0 Å². The van der Waals surface area contributed by atoms with Crippen LogP contribution in [0.5, 0.6) is 0 Å². The molecule has 1 saturated carbocycles. The fraction of sp³-hybridized carbons (Fsp3) is 0.333. The molecule has 0 spiro atoms. The normalized spacial score (nSPS) is 13.3. The molecule has 26 heavy (non-hydrogen) atoms. The average Bonchev–Trinajstić information content (AvgIpc) is 3.48. The van der Waals surface area contributed by atoms with Crippen LogP contribution in [0.2, 0.25) is 0 Å². The van der Waals surface area contributed by atoms with Gasteiger partial charge in [-0.1, -0.05) is 25.1 Å². The monoisotopic (exact) mass is 368 g/mol. The van der Waals surface area contributed by atoms with Crippen molar-refractivity contribution in [1.29, 1.82) is 0 Å². The van der Waals surface area contributed by atoms with E-state index in [2.05, 4.69) is 17.6 Å². The van der Waals surface area contributed by atoms with Gasteiger partial charge < -0.3 is 10.6 Å². The molecule has 2 amide bonds. The largest absolute Gasteiger partial charge is 0.326 e. The van der Waals surface area contributed by atoms with Crippen LogP contribution in [0.1, 0.15) is 30.9 Å². The zero-order valence-corrected chi connectivity index (χ0v) is 16.0. The third-order valence-electron chi connectivity index (χ3n) is 4.44. The summed E-state index contributed by atoms with van der Waals surface area (Å²) in [6, 6.07) is 13.7. The number of rotatable bonds is 7. The van der Waals surface area contributed by atoms with E-state index in [-0.39, 0.29) is 17.7 Å². The Bertz CT molecular complexity index is 798. The van der Waals surface area contributed by atoms with E-state index in [1.54, 1.807) is 0 Å². The fourth-order valence-corrected chi connectivity index (χ4v) is 3.45. The number of nitrogens with one attached hydrogen (secondary N) is 2. The maximum atomic E-state index is 12.3. The van der Waals surface area contributed by atoms with Gasteiger partial charge in [0.2, 0.25) is 11.8 Å². The lowest BCUT2D eigenvalue weighted by atomic mass is 10.1. The standard InChI is InChI=1S/C21H24N2O2S/c1-3-15-6-4-5-14(2)20(15)23-19(24)13-26-18-11-9-17(10-12-18)22-21(25)16-7-8-16/h4-6,9-12,16H,3,7-8,13H2,1-2H3,(H,22,25)(H,23,24). The second-order valence-corrected chi connectivity index (χ2v) is 7.64. The summed E-state index contributed by atoms with van der Waals surface area (Å²) in [5, 5.41) is 5.96. The van der Waals surface area contributed by atoms with Gasteiger partial charge in [0.25, 0.3) is 0 Å². The number of amides is 2. The van der Waals surface area contributed by atoms with Crippen LogP contribution >= 0.6 is 11.8 Å². The predicted molar refractivity (Wildman–Crippen MR) is 108 cm³/mol. The lowest BCUT2D eigenvalue weighted by Gasteiger charge is -2.13. The second kappa shape index (κ2) is 8.41. The molecule has 136 valence electrons. The van der Waals surface area contributed by atoms with Gasteiger partial charge in [0.1, 0.15) is 0 Å². The summed E-state index contributed by atoms with van der Waals surface area (Å²) >= 11 is 1.49. The highest BCUT2D eigenvalue weighted by atomic mass is 32.2. The lowest BCUT2D eigenvalue weighted by molar-refractivity contribution is -0.117. The summed E-state index contributed by atoms with van der Waals surface area (Å²) in [6.45, 7) is 4.10. The van der Waals surface area contributed by atoms with Crippen LogP contribution in [-0.2, 0) is 16.0 Å². The summed E-state index contributed by atoms with van der Waals surface area (Å²) in [4.78, 5) is 25.1. The highest BCUT2D eigenvalue weighted by molar-refractivity contribution is 8.00. The molecule has 0 aliphatic heterocycles. The van der Waals surface area contributed by atoms with Crippen molar-refractivity contribution in [2.24, 2.45) is 5.92 Å².